The number of hydrogen-bond donors (Lipinski definition) is 0. The first kappa shape index (κ1) is 16.0. The third kappa shape index (κ3) is 6.78. The molecule has 0 fully saturated rings. The van der Waals surface area contributed by atoms with E-state index in [0.717, 1.165) is 25.0 Å². The zero-order valence-corrected chi connectivity index (χ0v) is 11.9. The van der Waals surface area contributed by atoms with Gasteiger partial charge in [-0.1, -0.05) is 0 Å². The van der Waals surface area contributed by atoms with E-state index in [4.69, 9.17) is 9.47 Å². The van der Waals surface area contributed by atoms with Crippen LogP contribution in [0, 0.1) is 0 Å². The molecule has 0 amide bonds. The predicted molar refractivity (Wildman–Crippen MR) is 73.7 cm³/mol. The predicted octanol–water partition coefficient (Wildman–Crippen LogP) is 2.72. The van der Waals surface area contributed by atoms with Gasteiger partial charge in [-0.05, 0) is 43.5 Å². The monoisotopic (exact) mass is 280 g/mol. The van der Waals surface area contributed by atoms with Crippen LogP contribution in [0.15, 0.2) is 24.3 Å². The van der Waals surface area contributed by atoms with E-state index in [-0.39, 0.29) is 11.9 Å². The van der Waals surface area contributed by atoms with Gasteiger partial charge in [0.15, 0.2) is 0 Å². The van der Waals surface area contributed by atoms with E-state index < -0.39 is 0 Å². The van der Waals surface area contributed by atoms with Crippen molar-refractivity contribution in [1.29, 1.82) is 0 Å². The topological polar surface area (TPSA) is 61.8 Å². The van der Waals surface area contributed by atoms with Crippen molar-refractivity contribution in [3.63, 3.8) is 0 Å². The van der Waals surface area contributed by atoms with Gasteiger partial charge in [0.05, 0.1) is 13.7 Å². The summed E-state index contributed by atoms with van der Waals surface area (Å²) in [5, 5.41) is 0. The van der Waals surface area contributed by atoms with Crippen LogP contribution < -0.4 is 9.47 Å². The Balaban J connectivity index is 2.16. The third-order valence-electron chi connectivity index (χ3n) is 2.61. The number of hydrogen-bond acceptors (Lipinski definition) is 5. The molecule has 1 aromatic carbocycles. The Labute approximate surface area is 118 Å². The zero-order chi connectivity index (χ0) is 14.8. The lowest BCUT2D eigenvalue weighted by Gasteiger charge is -2.07. The van der Waals surface area contributed by atoms with Gasteiger partial charge in [-0.15, -0.1) is 0 Å². The summed E-state index contributed by atoms with van der Waals surface area (Å²) in [6.45, 7) is 1.95. The molecule has 5 nitrogen and oxygen atoms in total. The van der Waals surface area contributed by atoms with Gasteiger partial charge >= 0.3 is 11.9 Å². The number of carbonyl (C=O) groups excluding carboxylic acids is 2. The maximum Gasteiger partial charge on any atom is 0.308 e. The fourth-order valence-electron chi connectivity index (χ4n) is 1.61. The fraction of sp³-hybridized carbons (Fsp3) is 0.467. The highest BCUT2D eigenvalue weighted by molar-refractivity contribution is 5.69. The SMILES string of the molecule is COC(=O)CCCCCOc1ccc(OC(C)=O)cc1. The average molecular weight is 280 g/mol. The van der Waals surface area contributed by atoms with Crippen molar-refractivity contribution in [2.24, 2.45) is 0 Å². The first-order valence-electron chi connectivity index (χ1n) is 6.60. The van der Waals surface area contributed by atoms with E-state index in [1.807, 2.05) is 0 Å². The van der Waals surface area contributed by atoms with Gasteiger partial charge in [0.1, 0.15) is 11.5 Å². The molecule has 1 rings (SSSR count). The molecule has 0 heterocycles. The molecule has 0 unspecified atom stereocenters. The number of benzene rings is 1. The number of esters is 2. The van der Waals surface area contributed by atoms with Crippen molar-refractivity contribution < 1.29 is 23.8 Å². The molecule has 0 aliphatic rings. The molecule has 0 aromatic heterocycles. The van der Waals surface area contributed by atoms with Gasteiger partial charge in [-0.3, -0.25) is 9.59 Å². The van der Waals surface area contributed by atoms with Gasteiger partial charge in [0, 0.05) is 13.3 Å². The highest BCUT2D eigenvalue weighted by Gasteiger charge is 2.01. The van der Waals surface area contributed by atoms with Crippen molar-refractivity contribution in [3.05, 3.63) is 24.3 Å². The lowest BCUT2D eigenvalue weighted by atomic mass is 10.2. The van der Waals surface area contributed by atoms with Crippen LogP contribution in [0.3, 0.4) is 0 Å². The minimum atomic E-state index is -0.343. The highest BCUT2D eigenvalue weighted by atomic mass is 16.5. The van der Waals surface area contributed by atoms with Crippen LogP contribution in [-0.2, 0) is 14.3 Å². The lowest BCUT2D eigenvalue weighted by Crippen LogP contribution is -2.02. The van der Waals surface area contributed by atoms with E-state index in [2.05, 4.69) is 4.74 Å². The number of carbonyl (C=O) groups is 2. The summed E-state index contributed by atoms with van der Waals surface area (Å²) in [5.41, 5.74) is 0. The maximum absolute atomic E-state index is 10.9. The first-order chi connectivity index (χ1) is 9.61. The molecular formula is C15H20O5. The van der Waals surface area contributed by atoms with Gasteiger partial charge in [0.25, 0.3) is 0 Å². The van der Waals surface area contributed by atoms with Crippen LogP contribution in [0.4, 0.5) is 0 Å². The quantitative estimate of drug-likeness (QED) is 0.416. The summed E-state index contributed by atoms with van der Waals surface area (Å²) in [7, 11) is 1.39. The highest BCUT2D eigenvalue weighted by Crippen LogP contribution is 2.18. The zero-order valence-electron chi connectivity index (χ0n) is 11.9. The summed E-state index contributed by atoms with van der Waals surface area (Å²) < 4.78 is 15.0. The molecule has 0 spiro atoms. The molecule has 0 N–H and O–H groups in total. The molecule has 110 valence electrons. The van der Waals surface area contributed by atoms with Crippen LogP contribution in [0.2, 0.25) is 0 Å². The Morgan fingerprint density at radius 3 is 2.25 bits per heavy atom. The summed E-state index contributed by atoms with van der Waals surface area (Å²) >= 11 is 0. The Hall–Kier alpha value is -2.04. The number of ether oxygens (including phenoxy) is 3. The molecule has 20 heavy (non-hydrogen) atoms. The summed E-state index contributed by atoms with van der Waals surface area (Å²) in [6, 6.07) is 6.89. The van der Waals surface area contributed by atoms with Crippen molar-refractivity contribution >= 4 is 11.9 Å². The van der Waals surface area contributed by atoms with Crippen molar-refractivity contribution in [2.45, 2.75) is 32.6 Å². The van der Waals surface area contributed by atoms with Crippen LogP contribution >= 0.6 is 0 Å². The van der Waals surface area contributed by atoms with Gasteiger partial charge in [0.2, 0.25) is 0 Å². The van der Waals surface area contributed by atoms with E-state index in [0.29, 0.717) is 18.8 Å². The molecule has 0 saturated carbocycles. The van der Waals surface area contributed by atoms with Crippen LogP contribution in [0.5, 0.6) is 11.5 Å². The minimum absolute atomic E-state index is 0.174. The maximum atomic E-state index is 10.9. The number of methoxy groups -OCH3 is 1. The van der Waals surface area contributed by atoms with Crippen molar-refractivity contribution in [2.75, 3.05) is 13.7 Å². The molecule has 0 radical (unpaired) electrons. The summed E-state index contributed by atoms with van der Waals surface area (Å²) in [5.74, 6) is 0.716. The van der Waals surface area contributed by atoms with E-state index in [9.17, 15) is 9.59 Å². The standard InChI is InChI=1S/C15H20O5/c1-12(16)20-14-9-7-13(8-10-14)19-11-5-3-4-6-15(17)18-2/h7-10H,3-6,11H2,1-2H3. The van der Waals surface area contributed by atoms with Crippen molar-refractivity contribution in [3.8, 4) is 11.5 Å². The van der Waals surface area contributed by atoms with Crippen LogP contribution in [0.1, 0.15) is 32.6 Å². The van der Waals surface area contributed by atoms with Gasteiger partial charge in [-0.2, -0.15) is 0 Å². The smallest absolute Gasteiger partial charge is 0.308 e. The Morgan fingerprint density at radius 1 is 1.00 bits per heavy atom. The molecule has 0 saturated heterocycles. The first-order valence-corrected chi connectivity index (χ1v) is 6.60. The van der Waals surface area contributed by atoms with E-state index in [1.54, 1.807) is 24.3 Å². The number of rotatable bonds is 8. The fourth-order valence-corrected chi connectivity index (χ4v) is 1.61. The second-order valence-corrected chi connectivity index (χ2v) is 4.30. The van der Waals surface area contributed by atoms with Crippen molar-refractivity contribution in [1.82, 2.24) is 0 Å². The lowest BCUT2D eigenvalue weighted by molar-refractivity contribution is -0.140. The van der Waals surface area contributed by atoms with Crippen LogP contribution in [-0.4, -0.2) is 25.7 Å². The molecule has 0 atom stereocenters. The molecule has 1 aromatic rings. The largest absolute Gasteiger partial charge is 0.494 e. The minimum Gasteiger partial charge on any atom is -0.494 e. The van der Waals surface area contributed by atoms with Crippen LogP contribution in [0.25, 0.3) is 0 Å². The van der Waals surface area contributed by atoms with E-state index >= 15 is 0 Å². The Morgan fingerprint density at radius 2 is 1.65 bits per heavy atom. The summed E-state index contributed by atoms with van der Waals surface area (Å²) in [4.78, 5) is 21.6. The summed E-state index contributed by atoms with van der Waals surface area (Å²) in [6.07, 6.45) is 3.05. The Bertz CT molecular complexity index is 424. The molecule has 0 aliphatic carbocycles. The normalized spacial score (nSPS) is 9.90. The van der Waals surface area contributed by atoms with E-state index in [1.165, 1.54) is 14.0 Å². The second-order valence-electron chi connectivity index (χ2n) is 4.30. The average Bonchev–Trinajstić information content (AvgIpc) is 2.43. The number of unbranched alkanes of at least 4 members (excludes halogenated alkanes) is 2. The molecule has 0 aliphatic heterocycles. The molecular weight excluding hydrogens is 260 g/mol. The second kappa shape index (κ2) is 8.96. The van der Waals surface area contributed by atoms with Gasteiger partial charge < -0.3 is 14.2 Å². The molecule has 5 heteroatoms. The van der Waals surface area contributed by atoms with Gasteiger partial charge in [-0.25, -0.2) is 0 Å². The molecule has 0 bridgehead atoms. The third-order valence-corrected chi connectivity index (χ3v) is 2.61. The Kier molecular flexibility index (Phi) is 7.17.